The summed E-state index contributed by atoms with van der Waals surface area (Å²) in [6.07, 6.45) is 7.62. The van der Waals surface area contributed by atoms with E-state index in [0.29, 0.717) is 5.92 Å². The lowest BCUT2D eigenvalue weighted by atomic mass is 9.70. The number of fused-ring (bicyclic) bond motifs is 1. The first kappa shape index (κ1) is 11.6. The summed E-state index contributed by atoms with van der Waals surface area (Å²) in [5.41, 5.74) is 0. The lowest BCUT2D eigenvalue weighted by Gasteiger charge is -2.38. The Labute approximate surface area is 90.3 Å². The summed E-state index contributed by atoms with van der Waals surface area (Å²) in [6, 6.07) is 0. The van der Waals surface area contributed by atoms with Crippen LogP contribution < -0.4 is 0 Å². The maximum absolute atomic E-state index is 10.7. The second kappa shape index (κ2) is 4.54. The predicted molar refractivity (Wildman–Crippen MR) is 56.2 cm³/mol. The van der Waals surface area contributed by atoms with Crippen LogP contribution in [0.3, 0.4) is 0 Å². The second-order valence-electron chi connectivity index (χ2n) is 4.84. The van der Waals surface area contributed by atoms with Crippen molar-refractivity contribution < 1.29 is 18.9 Å². The summed E-state index contributed by atoms with van der Waals surface area (Å²) in [5.74, 6) is 1.43. The van der Waals surface area contributed by atoms with E-state index in [9.17, 15) is 4.57 Å². The lowest BCUT2D eigenvalue weighted by molar-refractivity contribution is 0.0436. The van der Waals surface area contributed by atoms with Crippen LogP contribution in [-0.2, 0) is 9.09 Å². The Bertz CT molecular complexity index is 262. The van der Waals surface area contributed by atoms with E-state index in [2.05, 4.69) is 0 Å². The van der Waals surface area contributed by atoms with Crippen molar-refractivity contribution in [2.45, 2.75) is 51.0 Å². The molecule has 4 nitrogen and oxygen atoms in total. The van der Waals surface area contributed by atoms with Crippen molar-refractivity contribution in [3.63, 3.8) is 0 Å². The Morgan fingerprint density at radius 3 is 2.33 bits per heavy atom. The minimum Gasteiger partial charge on any atom is -0.303 e. The Kier molecular flexibility index (Phi) is 3.51. The van der Waals surface area contributed by atoms with Crippen LogP contribution in [0.15, 0.2) is 0 Å². The van der Waals surface area contributed by atoms with Crippen molar-refractivity contribution in [2.75, 3.05) is 0 Å². The maximum atomic E-state index is 10.7. The molecule has 0 heterocycles. The smallest absolute Gasteiger partial charge is 0.303 e. The average molecular weight is 234 g/mol. The molecule has 2 aliphatic rings. The van der Waals surface area contributed by atoms with E-state index in [0.717, 1.165) is 25.2 Å². The van der Waals surface area contributed by atoms with E-state index in [1.165, 1.54) is 25.7 Å². The monoisotopic (exact) mass is 234 g/mol. The molecule has 0 aromatic heterocycles. The van der Waals surface area contributed by atoms with Gasteiger partial charge >= 0.3 is 7.82 Å². The molecule has 0 bridgehead atoms. The molecule has 88 valence electrons. The van der Waals surface area contributed by atoms with Gasteiger partial charge in [-0.2, -0.15) is 0 Å². The summed E-state index contributed by atoms with van der Waals surface area (Å²) in [5, 5.41) is 0. The van der Waals surface area contributed by atoms with Crippen molar-refractivity contribution in [3.8, 4) is 0 Å². The van der Waals surface area contributed by atoms with Crippen molar-refractivity contribution in [3.05, 3.63) is 0 Å². The van der Waals surface area contributed by atoms with Crippen molar-refractivity contribution >= 4 is 7.82 Å². The zero-order valence-electron chi connectivity index (χ0n) is 8.84. The van der Waals surface area contributed by atoms with Crippen LogP contribution in [0.25, 0.3) is 0 Å². The second-order valence-corrected chi connectivity index (χ2v) is 6.03. The summed E-state index contributed by atoms with van der Waals surface area (Å²) in [4.78, 5) is 17.5. The third-order valence-electron chi connectivity index (χ3n) is 3.78. The Morgan fingerprint density at radius 1 is 1.00 bits per heavy atom. The highest BCUT2D eigenvalue weighted by molar-refractivity contribution is 7.46. The molecule has 2 rings (SSSR count). The average Bonchev–Trinajstić information content (AvgIpc) is 2.15. The van der Waals surface area contributed by atoms with Gasteiger partial charge in [-0.3, -0.25) is 4.52 Å². The van der Waals surface area contributed by atoms with E-state index in [-0.39, 0.29) is 6.10 Å². The Balaban J connectivity index is 1.88. The Morgan fingerprint density at radius 2 is 1.67 bits per heavy atom. The number of hydrogen-bond acceptors (Lipinski definition) is 2. The van der Waals surface area contributed by atoms with Gasteiger partial charge in [-0.05, 0) is 31.1 Å². The molecular formula is C10H19O4P. The van der Waals surface area contributed by atoms with Gasteiger partial charge < -0.3 is 9.79 Å². The van der Waals surface area contributed by atoms with Gasteiger partial charge in [0.1, 0.15) is 0 Å². The molecule has 0 amide bonds. The molecular weight excluding hydrogens is 215 g/mol. The number of phosphoric acid groups is 1. The van der Waals surface area contributed by atoms with E-state index in [1.54, 1.807) is 0 Å². The highest BCUT2D eigenvalue weighted by Crippen LogP contribution is 2.46. The van der Waals surface area contributed by atoms with Crippen molar-refractivity contribution in [1.82, 2.24) is 0 Å². The molecule has 2 saturated carbocycles. The molecule has 2 N–H and O–H groups in total. The summed E-state index contributed by atoms with van der Waals surface area (Å²) < 4.78 is 15.5. The van der Waals surface area contributed by atoms with Gasteiger partial charge in [-0.1, -0.05) is 25.7 Å². The molecule has 0 aromatic rings. The molecule has 15 heavy (non-hydrogen) atoms. The third-order valence-corrected chi connectivity index (χ3v) is 4.35. The van der Waals surface area contributed by atoms with E-state index in [4.69, 9.17) is 14.3 Å². The third kappa shape index (κ3) is 3.28. The highest BCUT2D eigenvalue weighted by atomic mass is 31.2. The quantitative estimate of drug-likeness (QED) is 0.720. The minimum atomic E-state index is -4.28. The summed E-state index contributed by atoms with van der Waals surface area (Å²) >= 11 is 0. The first-order valence-electron chi connectivity index (χ1n) is 5.78. The van der Waals surface area contributed by atoms with E-state index in [1.807, 2.05) is 0 Å². The van der Waals surface area contributed by atoms with Crippen molar-refractivity contribution in [1.29, 1.82) is 0 Å². The number of rotatable bonds is 2. The topological polar surface area (TPSA) is 66.8 Å². The largest absolute Gasteiger partial charge is 0.469 e. The van der Waals surface area contributed by atoms with Crippen LogP contribution in [0.4, 0.5) is 0 Å². The van der Waals surface area contributed by atoms with Gasteiger partial charge in [-0.15, -0.1) is 0 Å². The number of phosphoric ester groups is 1. The van der Waals surface area contributed by atoms with Crippen LogP contribution in [0.5, 0.6) is 0 Å². The molecule has 3 atom stereocenters. The maximum Gasteiger partial charge on any atom is 0.469 e. The lowest BCUT2D eigenvalue weighted by Crippen LogP contribution is -2.31. The normalized spacial score (nSPS) is 37.3. The first-order valence-corrected chi connectivity index (χ1v) is 7.31. The van der Waals surface area contributed by atoms with E-state index < -0.39 is 7.82 Å². The molecule has 3 unspecified atom stereocenters. The van der Waals surface area contributed by atoms with Crippen molar-refractivity contribution in [2.24, 2.45) is 11.8 Å². The van der Waals surface area contributed by atoms with Gasteiger partial charge in [-0.25, -0.2) is 4.57 Å². The van der Waals surface area contributed by atoms with Gasteiger partial charge in [0, 0.05) is 0 Å². The zero-order chi connectivity index (χ0) is 10.9. The molecule has 0 radical (unpaired) electrons. The molecule has 2 aliphatic carbocycles. The van der Waals surface area contributed by atoms with Crippen LogP contribution in [0, 0.1) is 11.8 Å². The fraction of sp³-hybridized carbons (Fsp3) is 1.00. The van der Waals surface area contributed by atoms with Crippen LogP contribution in [-0.4, -0.2) is 15.9 Å². The predicted octanol–water partition coefficient (Wildman–Crippen LogP) is 2.45. The summed E-state index contributed by atoms with van der Waals surface area (Å²) in [7, 11) is -4.28. The van der Waals surface area contributed by atoms with Crippen LogP contribution in [0.2, 0.25) is 0 Å². The van der Waals surface area contributed by atoms with E-state index >= 15 is 0 Å². The molecule has 2 fully saturated rings. The van der Waals surface area contributed by atoms with Gasteiger partial charge in [0.05, 0.1) is 6.10 Å². The first-order chi connectivity index (χ1) is 7.04. The van der Waals surface area contributed by atoms with Gasteiger partial charge in [0.15, 0.2) is 0 Å². The van der Waals surface area contributed by atoms with Gasteiger partial charge in [0.2, 0.25) is 0 Å². The van der Waals surface area contributed by atoms with Crippen LogP contribution in [0.1, 0.15) is 44.9 Å². The molecule has 0 aliphatic heterocycles. The number of hydrogen-bond donors (Lipinski definition) is 2. The zero-order valence-corrected chi connectivity index (χ0v) is 9.73. The fourth-order valence-electron chi connectivity index (χ4n) is 3.12. The highest BCUT2D eigenvalue weighted by Gasteiger charge is 2.35. The SMILES string of the molecule is O=P(O)(O)OC1CCC2CCCCC2C1. The molecule has 0 saturated heterocycles. The fourth-order valence-corrected chi connectivity index (χ4v) is 3.70. The molecule has 0 spiro atoms. The summed E-state index contributed by atoms with van der Waals surface area (Å²) in [6.45, 7) is 0. The Hall–Kier alpha value is 0.110. The molecule has 5 heteroatoms. The standard InChI is InChI=1S/C10H19O4P/c11-15(12,13)14-10-6-5-8-3-1-2-4-9(8)7-10/h8-10H,1-7H2,(H2,11,12,13). The minimum absolute atomic E-state index is 0.217. The van der Waals surface area contributed by atoms with Gasteiger partial charge in [0.25, 0.3) is 0 Å². The molecule has 0 aromatic carbocycles. The van der Waals surface area contributed by atoms with Crippen LogP contribution >= 0.6 is 7.82 Å².